The zero-order chi connectivity index (χ0) is 9.86. The highest BCUT2D eigenvalue weighted by Crippen LogP contribution is 2.52. The summed E-state index contributed by atoms with van der Waals surface area (Å²) >= 11 is 0. The average molecular weight is 195 g/mol. The predicted octanol–water partition coefficient (Wildman–Crippen LogP) is 3.35. The SMILES string of the molecule is CCCNCC1(C2CCCC2)CCC1. The molecule has 0 amide bonds. The Morgan fingerprint density at radius 1 is 1.14 bits per heavy atom. The fraction of sp³-hybridized carbons (Fsp3) is 1.00. The predicted molar refractivity (Wildman–Crippen MR) is 61.4 cm³/mol. The minimum atomic E-state index is 0.742. The van der Waals surface area contributed by atoms with Crippen LogP contribution in [0, 0.1) is 11.3 Å². The third-order valence-corrected chi connectivity index (χ3v) is 4.47. The van der Waals surface area contributed by atoms with Gasteiger partial charge >= 0.3 is 0 Å². The molecule has 0 aromatic carbocycles. The Morgan fingerprint density at radius 3 is 2.36 bits per heavy atom. The highest BCUT2D eigenvalue weighted by Gasteiger charge is 2.43. The Kier molecular flexibility index (Phi) is 3.48. The molecule has 0 atom stereocenters. The molecule has 1 N–H and O–H groups in total. The van der Waals surface area contributed by atoms with Crippen LogP contribution in [0.5, 0.6) is 0 Å². The van der Waals surface area contributed by atoms with Gasteiger partial charge in [0.05, 0.1) is 0 Å². The summed E-state index contributed by atoms with van der Waals surface area (Å²) in [5, 5.41) is 3.65. The third kappa shape index (κ3) is 1.98. The second kappa shape index (κ2) is 4.65. The zero-order valence-corrected chi connectivity index (χ0v) is 9.65. The van der Waals surface area contributed by atoms with Crippen molar-refractivity contribution in [1.82, 2.24) is 5.32 Å². The fourth-order valence-corrected chi connectivity index (χ4v) is 3.41. The normalized spacial score (nSPS) is 26.4. The molecule has 2 fully saturated rings. The van der Waals surface area contributed by atoms with Crippen molar-refractivity contribution in [1.29, 1.82) is 0 Å². The summed E-state index contributed by atoms with van der Waals surface area (Å²) in [6.07, 6.45) is 11.8. The van der Waals surface area contributed by atoms with Crippen molar-refractivity contribution in [3.63, 3.8) is 0 Å². The number of rotatable bonds is 5. The molecule has 2 saturated carbocycles. The van der Waals surface area contributed by atoms with Crippen LogP contribution in [0.1, 0.15) is 58.3 Å². The van der Waals surface area contributed by atoms with Gasteiger partial charge < -0.3 is 5.32 Å². The van der Waals surface area contributed by atoms with Crippen LogP contribution < -0.4 is 5.32 Å². The summed E-state index contributed by atoms with van der Waals surface area (Å²) in [5.41, 5.74) is 0.742. The lowest BCUT2D eigenvalue weighted by molar-refractivity contribution is 0.0518. The second-order valence-electron chi connectivity index (χ2n) is 5.37. The van der Waals surface area contributed by atoms with Crippen molar-refractivity contribution in [2.75, 3.05) is 13.1 Å². The molecule has 0 saturated heterocycles. The minimum absolute atomic E-state index is 0.742. The van der Waals surface area contributed by atoms with Crippen molar-refractivity contribution >= 4 is 0 Å². The Labute approximate surface area is 88.7 Å². The smallest absolute Gasteiger partial charge is 0.00105 e. The van der Waals surface area contributed by atoms with Gasteiger partial charge in [-0.05, 0) is 50.0 Å². The van der Waals surface area contributed by atoms with E-state index < -0.39 is 0 Å². The van der Waals surface area contributed by atoms with E-state index in [9.17, 15) is 0 Å². The van der Waals surface area contributed by atoms with E-state index in [-0.39, 0.29) is 0 Å². The van der Waals surface area contributed by atoms with Crippen molar-refractivity contribution in [3.8, 4) is 0 Å². The molecule has 0 heterocycles. The van der Waals surface area contributed by atoms with Crippen molar-refractivity contribution in [3.05, 3.63) is 0 Å². The number of nitrogens with one attached hydrogen (secondary N) is 1. The summed E-state index contributed by atoms with van der Waals surface area (Å²) in [7, 11) is 0. The molecule has 0 aliphatic heterocycles. The van der Waals surface area contributed by atoms with E-state index in [1.54, 1.807) is 0 Å². The first-order chi connectivity index (χ1) is 6.87. The van der Waals surface area contributed by atoms with Crippen LogP contribution in [0.2, 0.25) is 0 Å². The van der Waals surface area contributed by atoms with Crippen LogP contribution in [-0.2, 0) is 0 Å². The van der Waals surface area contributed by atoms with Crippen LogP contribution in [-0.4, -0.2) is 13.1 Å². The van der Waals surface area contributed by atoms with E-state index >= 15 is 0 Å². The molecule has 1 nitrogen and oxygen atoms in total. The molecule has 2 aliphatic carbocycles. The lowest BCUT2D eigenvalue weighted by Gasteiger charge is -2.47. The van der Waals surface area contributed by atoms with Gasteiger partial charge in [0, 0.05) is 6.54 Å². The van der Waals surface area contributed by atoms with Gasteiger partial charge in [0.25, 0.3) is 0 Å². The monoisotopic (exact) mass is 195 g/mol. The first-order valence-electron chi connectivity index (χ1n) is 6.58. The highest BCUT2D eigenvalue weighted by molar-refractivity contribution is 4.96. The molecule has 0 aromatic heterocycles. The summed E-state index contributed by atoms with van der Waals surface area (Å²) < 4.78 is 0. The van der Waals surface area contributed by atoms with Gasteiger partial charge in [-0.3, -0.25) is 0 Å². The van der Waals surface area contributed by atoms with Gasteiger partial charge in [-0.25, -0.2) is 0 Å². The lowest BCUT2D eigenvalue weighted by atomic mass is 9.60. The van der Waals surface area contributed by atoms with Gasteiger partial charge in [0.2, 0.25) is 0 Å². The van der Waals surface area contributed by atoms with Crippen LogP contribution in [0.3, 0.4) is 0 Å². The first-order valence-corrected chi connectivity index (χ1v) is 6.58. The maximum Gasteiger partial charge on any atom is 0.00105 e. The van der Waals surface area contributed by atoms with Crippen molar-refractivity contribution in [2.45, 2.75) is 58.3 Å². The molecule has 0 aromatic rings. The molecule has 2 rings (SSSR count). The summed E-state index contributed by atoms with van der Waals surface area (Å²) in [5.74, 6) is 1.07. The molecular weight excluding hydrogens is 170 g/mol. The Bertz CT molecular complexity index is 166. The minimum Gasteiger partial charge on any atom is -0.316 e. The van der Waals surface area contributed by atoms with E-state index in [0.29, 0.717) is 0 Å². The van der Waals surface area contributed by atoms with E-state index in [0.717, 1.165) is 11.3 Å². The van der Waals surface area contributed by atoms with E-state index in [2.05, 4.69) is 12.2 Å². The van der Waals surface area contributed by atoms with Crippen molar-refractivity contribution < 1.29 is 0 Å². The second-order valence-corrected chi connectivity index (χ2v) is 5.37. The Balaban J connectivity index is 1.82. The molecular formula is C13H25N. The highest BCUT2D eigenvalue weighted by atomic mass is 14.9. The molecule has 0 bridgehead atoms. The molecule has 0 radical (unpaired) electrons. The quantitative estimate of drug-likeness (QED) is 0.663. The molecule has 2 aliphatic rings. The maximum atomic E-state index is 3.65. The summed E-state index contributed by atoms with van der Waals surface area (Å²) in [6.45, 7) is 4.79. The molecule has 0 spiro atoms. The van der Waals surface area contributed by atoms with Crippen LogP contribution in [0.15, 0.2) is 0 Å². The maximum absolute atomic E-state index is 3.65. The largest absolute Gasteiger partial charge is 0.316 e. The summed E-state index contributed by atoms with van der Waals surface area (Å²) in [6, 6.07) is 0. The van der Waals surface area contributed by atoms with Gasteiger partial charge in [-0.15, -0.1) is 0 Å². The van der Waals surface area contributed by atoms with Gasteiger partial charge in [0.1, 0.15) is 0 Å². The molecule has 0 unspecified atom stereocenters. The van der Waals surface area contributed by atoms with Crippen molar-refractivity contribution in [2.24, 2.45) is 11.3 Å². The van der Waals surface area contributed by atoms with Crippen LogP contribution in [0.4, 0.5) is 0 Å². The standard InChI is InChI=1S/C13H25N/c1-2-10-14-11-13(8-5-9-13)12-6-3-4-7-12/h12,14H,2-11H2,1H3. The number of hydrogen-bond donors (Lipinski definition) is 1. The molecule has 14 heavy (non-hydrogen) atoms. The first kappa shape index (κ1) is 10.5. The third-order valence-electron chi connectivity index (χ3n) is 4.47. The molecule has 1 heteroatoms. The van der Waals surface area contributed by atoms with E-state index in [1.807, 2.05) is 0 Å². The average Bonchev–Trinajstić information content (AvgIpc) is 2.62. The number of hydrogen-bond acceptors (Lipinski definition) is 1. The lowest BCUT2D eigenvalue weighted by Crippen LogP contribution is -2.45. The van der Waals surface area contributed by atoms with Crippen LogP contribution >= 0.6 is 0 Å². The van der Waals surface area contributed by atoms with Gasteiger partial charge in [0.15, 0.2) is 0 Å². The van der Waals surface area contributed by atoms with E-state index in [1.165, 1.54) is 64.5 Å². The van der Waals surface area contributed by atoms with Gasteiger partial charge in [-0.1, -0.05) is 26.2 Å². The Morgan fingerprint density at radius 2 is 1.86 bits per heavy atom. The zero-order valence-electron chi connectivity index (χ0n) is 9.65. The molecule has 82 valence electrons. The summed E-state index contributed by atoms with van der Waals surface area (Å²) in [4.78, 5) is 0. The Hall–Kier alpha value is -0.0400. The van der Waals surface area contributed by atoms with Crippen LogP contribution in [0.25, 0.3) is 0 Å². The fourth-order valence-electron chi connectivity index (χ4n) is 3.41. The topological polar surface area (TPSA) is 12.0 Å². The van der Waals surface area contributed by atoms with Gasteiger partial charge in [-0.2, -0.15) is 0 Å². The van der Waals surface area contributed by atoms with E-state index in [4.69, 9.17) is 0 Å².